The number of carbonyl (C=O) groups is 1. The Bertz CT molecular complexity index is 884. The molecule has 8 heteroatoms. The fraction of sp³-hybridized carbons (Fsp3) is 0.188. The largest absolute Gasteiger partial charge is 0.310 e. The average Bonchev–Trinajstić information content (AvgIpc) is 2.54. The number of thioether (sulfide) groups is 1. The Morgan fingerprint density at radius 2 is 2.25 bits per heavy atom. The lowest BCUT2D eigenvalue weighted by Crippen LogP contribution is -2.31. The zero-order chi connectivity index (χ0) is 17.3. The molecule has 5 nitrogen and oxygen atoms in total. The first kappa shape index (κ1) is 16.9. The Balaban J connectivity index is 2.09. The van der Waals surface area contributed by atoms with Gasteiger partial charge in [0, 0.05) is 18.1 Å². The molecule has 1 aliphatic heterocycles. The maximum Gasteiger partial charge on any atom is 0.257 e. The van der Waals surface area contributed by atoms with Crippen LogP contribution in [0.3, 0.4) is 0 Å². The molecule has 2 heterocycles. The summed E-state index contributed by atoms with van der Waals surface area (Å²) in [4.78, 5) is 31.6. The van der Waals surface area contributed by atoms with Gasteiger partial charge in [0.05, 0.1) is 10.0 Å². The van der Waals surface area contributed by atoms with Crippen molar-refractivity contribution in [3.63, 3.8) is 0 Å². The SMILES string of the molecule is C=CCSc1nc2c(c(=O)[nH]1)[C@H](c1ccc(F)c(Br)c1)CC(=O)N2. The number of halogens is 2. The van der Waals surface area contributed by atoms with E-state index < -0.39 is 11.7 Å². The van der Waals surface area contributed by atoms with Gasteiger partial charge in [0.25, 0.3) is 5.56 Å². The number of H-pyrrole nitrogens is 1. The topological polar surface area (TPSA) is 74.8 Å². The van der Waals surface area contributed by atoms with Crippen molar-refractivity contribution in [2.45, 2.75) is 17.5 Å². The molecule has 1 aromatic carbocycles. The van der Waals surface area contributed by atoms with E-state index in [1.54, 1.807) is 18.2 Å². The Hall–Kier alpha value is -1.93. The van der Waals surface area contributed by atoms with Crippen molar-refractivity contribution in [2.24, 2.45) is 0 Å². The number of hydrogen-bond donors (Lipinski definition) is 2. The first-order valence-corrected chi connectivity index (χ1v) is 8.90. The quantitative estimate of drug-likeness (QED) is 0.460. The van der Waals surface area contributed by atoms with Crippen LogP contribution in [0.25, 0.3) is 0 Å². The molecule has 0 spiro atoms. The van der Waals surface area contributed by atoms with Gasteiger partial charge in [-0.2, -0.15) is 0 Å². The molecule has 0 unspecified atom stereocenters. The molecule has 3 rings (SSSR count). The van der Waals surface area contributed by atoms with E-state index in [4.69, 9.17) is 0 Å². The van der Waals surface area contributed by atoms with Crippen LogP contribution in [0.4, 0.5) is 10.2 Å². The Morgan fingerprint density at radius 3 is 2.96 bits per heavy atom. The molecule has 1 aliphatic rings. The number of carbonyl (C=O) groups excluding carboxylic acids is 1. The molecule has 0 saturated carbocycles. The third-order valence-corrected chi connectivity index (χ3v) is 5.09. The molecule has 2 aromatic rings. The number of nitrogens with one attached hydrogen (secondary N) is 2. The molecule has 0 fully saturated rings. The number of nitrogens with zero attached hydrogens (tertiary/aromatic N) is 1. The number of rotatable bonds is 4. The molecule has 0 bridgehead atoms. The number of aromatic nitrogens is 2. The van der Waals surface area contributed by atoms with Crippen molar-refractivity contribution in [3.8, 4) is 0 Å². The average molecular weight is 410 g/mol. The van der Waals surface area contributed by atoms with E-state index >= 15 is 0 Å². The summed E-state index contributed by atoms with van der Waals surface area (Å²) in [5.74, 6) is -0.259. The summed E-state index contributed by atoms with van der Waals surface area (Å²) in [5, 5.41) is 3.06. The summed E-state index contributed by atoms with van der Waals surface area (Å²) < 4.78 is 13.8. The normalized spacial score (nSPS) is 16.4. The Morgan fingerprint density at radius 1 is 1.46 bits per heavy atom. The third-order valence-electron chi connectivity index (χ3n) is 3.61. The highest BCUT2D eigenvalue weighted by molar-refractivity contribution is 9.10. The summed E-state index contributed by atoms with van der Waals surface area (Å²) in [7, 11) is 0. The lowest BCUT2D eigenvalue weighted by atomic mass is 9.87. The second-order valence-corrected chi connectivity index (χ2v) is 7.07. The van der Waals surface area contributed by atoms with Crippen LogP contribution in [0, 0.1) is 5.82 Å². The number of amides is 1. The predicted octanol–water partition coefficient (Wildman–Crippen LogP) is 3.42. The van der Waals surface area contributed by atoms with Crippen molar-refractivity contribution in [2.75, 3.05) is 11.1 Å². The fourth-order valence-corrected chi connectivity index (χ4v) is 3.56. The van der Waals surface area contributed by atoms with Gasteiger partial charge in [0.1, 0.15) is 11.6 Å². The standard InChI is InChI=1S/C16H13BrFN3O2S/c1-2-5-24-16-20-14-13(15(23)21-16)9(7-12(22)19-14)8-3-4-11(18)10(17)6-8/h2-4,6,9H,1,5,7H2,(H2,19,20,21,22,23)/t9-/m0/s1. The molecule has 1 aromatic heterocycles. The highest BCUT2D eigenvalue weighted by Crippen LogP contribution is 2.35. The zero-order valence-corrected chi connectivity index (χ0v) is 14.8. The van der Waals surface area contributed by atoms with Crippen LogP contribution in [-0.4, -0.2) is 21.6 Å². The van der Waals surface area contributed by atoms with Gasteiger partial charge in [-0.25, -0.2) is 9.37 Å². The lowest BCUT2D eigenvalue weighted by Gasteiger charge is -2.24. The first-order valence-electron chi connectivity index (χ1n) is 7.12. The fourth-order valence-electron chi connectivity index (χ4n) is 2.57. The van der Waals surface area contributed by atoms with Crippen molar-refractivity contribution in [3.05, 3.63) is 62.6 Å². The van der Waals surface area contributed by atoms with E-state index in [2.05, 4.69) is 37.8 Å². The van der Waals surface area contributed by atoms with Gasteiger partial charge in [0.2, 0.25) is 5.91 Å². The minimum absolute atomic E-state index is 0.106. The molecular formula is C16H13BrFN3O2S. The van der Waals surface area contributed by atoms with E-state index in [-0.39, 0.29) is 28.2 Å². The minimum Gasteiger partial charge on any atom is -0.310 e. The first-order chi connectivity index (χ1) is 11.5. The molecule has 1 atom stereocenters. The summed E-state index contributed by atoms with van der Waals surface area (Å²) in [5.41, 5.74) is 0.756. The van der Waals surface area contributed by atoms with Crippen molar-refractivity contribution >= 4 is 39.4 Å². The van der Waals surface area contributed by atoms with Crippen LogP contribution in [0.5, 0.6) is 0 Å². The smallest absolute Gasteiger partial charge is 0.257 e. The summed E-state index contributed by atoms with van der Waals surface area (Å²) >= 11 is 4.45. The molecule has 0 radical (unpaired) electrons. The van der Waals surface area contributed by atoms with Gasteiger partial charge in [-0.05, 0) is 33.6 Å². The van der Waals surface area contributed by atoms with Crippen molar-refractivity contribution in [1.82, 2.24) is 9.97 Å². The monoisotopic (exact) mass is 409 g/mol. The van der Waals surface area contributed by atoms with E-state index in [9.17, 15) is 14.0 Å². The number of hydrogen-bond acceptors (Lipinski definition) is 4. The molecule has 0 aliphatic carbocycles. The summed E-state index contributed by atoms with van der Waals surface area (Å²) in [6, 6.07) is 4.47. The summed E-state index contributed by atoms with van der Waals surface area (Å²) in [6.07, 6.45) is 1.80. The maximum absolute atomic E-state index is 13.5. The maximum atomic E-state index is 13.5. The van der Waals surface area contributed by atoms with Crippen LogP contribution < -0.4 is 10.9 Å². The number of fused-ring (bicyclic) bond motifs is 1. The van der Waals surface area contributed by atoms with E-state index in [0.717, 1.165) is 0 Å². The van der Waals surface area contributed by atoms with Crippen LogP contribution in [-0.2, 0) is 4.79 Å². The van der Waals surface area contributed by atoms with Gasteiger partial charge >= 0.3 is 0 Å². The second kappa shape index (κ2) is 6.90. The molecule has 1 amide bonds. The third kappa shape index (κ3) is 3.29. The van der Waals surface area contributed by atoms with Gasteiger partial charge in [-0.15, -0.1) is 6.58 Å². The number of anilines is 1. The molecule has 2 N–H and O–H groups in total. The Kier molecular flexibility index (Phi) is 4.86. The van der Waals surface area contributed by atoms with Gasteiger partial charge in [-0.3, -0.25) is 9.59 Å². The van der Waals surface area contributed by atoms with Crippen molar-refractivity contribution < 1.29 is 9.18 Å². The van der Waals surface area contributed by atoms with E-state index in [0.29, 0.717) is 22.0 Å². The predicted molar refractivity (Wildman–Crippen MR) is 95.0 cm³/mol. The second-order valence-electron chi connectivity index (χ2n) is 5.21. The van der Waals surface area contributed by atoms with Crippen LogP contribution in [0.15, 0.2) is 45.3 Å². The van der Waals surface area contributed by atoms with E-state index in [1.807, 2.05) is 0 Å². The van der Waals surface area contributed by atoms with Gasteiger partial charge in [-0.1, -0.05) is 23.9 Å². The molecule has 0 saturated heterocycles. The van der Waals surface area contributed by atoms with Crippen LogP contribution in [0.1, 0.15) is 23.5 Å². The zero-order valence-electron chi connectivity index (χ0n) is 12.4. The van der Waals surface area contributed by atoms with Gasteiger partial charge in [0.15, 0.2) is 5.16 Å². The Labute approximate surface area is 149 Å². The highest BCUT2D eigenvalue weighted by Gasteiger charge is 2.31. The molecule has 24 heavy (non-hydrogen) atoms. The summed E-state index contributed by atoms with van der Waals surface area (Å²) in [6.45, 7) is 3.62. The van der Waals surface area contributed by atoms with Crippen LogP contribution >= 0.6 is 27.7 Å². The van der Waals surface area contributed by atoms with Gasteiger partial charge < -0.3 is 10.3 Å². The van der Waals surface area contributed by atoms with Crippen molar-refractivity contribution in [1.29, 1.82) is 0 Å². The molecule has 124 valence electrons. The van der Waals surface area contributed by atoms with Crippen LogP contribution in [0.2, 0.25) is 0 Å². The number of benzene rings is 1. The number of aromatic amines is 1. The molecular weight excluding hydrogens is 397 g/mol. The highest BCUT2D eigenvalue weighted by atomic mass is 79.9. The van der Waals surface area contributed by atoms with E-state index in [1.165, 1.54) is 17.8 Å². The minimum atomic E-state index is -0.472. The lowest BCUT2D eigenvalue weighted by molar-refractivity contribution is -0.116.